The van der Waals surface area contributed by atoms with Gasteiger partial charge in [0, 0.05) is 0 Å². The van der Waals surface area contributed by atoms with Gasteiger partial charge in [-0.1, -0.05) is 69.7 Å². The molecule has 0 bridgehead atoms. The molecular formula is C19H27F. The van der Waals surface area contributed by atoms with E-state index in [1.54, 1.807) is 0 Å². The normalized spacial score (nSPS) is 23.3. The third kappa shape index (κ3) is 4.77. The molecule has 0 heterocycles. The molecule has 0 radical (unpaired) electrons. The van der Waals surface area contributed by atoms with Gasteiger partial charge in [0.1, 0.15) is 0 Å². The molecule has 1 aliphatic carbocycles. The second-order valence-electron chi connectivity index (χ2n) is 6.25. The molecule has 0 nitrogen and oxygen atoms in total. The molecule has 110 valence electrons. The quantitative estimate of drug-likeness (QED) is 0.582. The third-order valence-electron chi connectivity index (χ3n) is 4.74. The highest BCUT2D eigenvalue weighted by molar-refractivity contribution is 5.48. The summed E-state index contributed by atoms with van der Waals surface area (Å²) in [5, 5.41) is 0. The maximum absolute atomic E-state index is 12.1. The van der Waals surface area contributed by atoms with Crippen molar-refractivity contribution in [3.8, 4) is 0 Å². The molecule has 0 N–H and O–H groups in total. The van der Waals surface area contributed by atoms with Crippen LogP contribution in [0.25, 0.3) is 6.08 Å². The summed E-state index contributed by atoms with van der Waals surface area (Å²) in [4.78, 5) is 0. The topological polar surface area (TPSA) is 0 Å². The van der Waals surface area contributed by atoms with E-state index in [-0.39, 0.29) is 0 Å². The van der Waals surface area contributed by atoms with Crippen molar-refractivity contribution in [2.45, 2.75) is 58.3 Å². The fourth-order valence-electron chi connectivity index (χ4n) is 3.46. The molecule has 1 aromatic carbocycles. The lowest BCUT2D eigenvalue weighted by molar-refractivity contribution is 0.252. The Morgan fingerprint density at radius 1 is 1.00 bits per heavy atom. The zero-order chi connectivity index (χ0) is 14.2. The molecule has 1 heteroatoms. The first-order valence-corrected chi connectivity index (χ1v) is 8.17. The highest BCUT2D eigenvalue weighted by Crippen LogP contribution is 2.33. The Morgan fingerprint density at radius 2 is 1.60 bits per heavy atom. The van der Waals surface area contributed by atoms with Crippen molar-refractivity contribution < 1.29 is 4.39 Å². The van der Waals surface area contributed by atoms with Gasteiger partial charge in [0.25, 0.3) is 0 Å². The van der Waals surface area contributed by atoms with Gasteiger partial charge >= 0.3 is 0 Å². The predicted octanol–water partition coefficient (Wildman–Crippen LogP) is 6.17. The molecular weight excluding hydrogens is 247 g/mol. The van der Waals surface area contributed by atoms with Gasteiger partial charge in [-0.2, -0.15) is 0 Å². The number of hydrogen-bond acceptors (Lipinski definition) is 0. The highest BCUT2D eigenvalue weighted by Gasteiger charge is 2.20. The molecule has 0 spiro atoms. The molecule has 0 atom stereocenters. The summed E-state index contributed by atoms with van der Waals surface area (Å²) in [5.74, 6) is 1.93. The molecule has 0 aromatic heterocycles. The number of aryl methyl sites for hydroxylation is 1. The summed E-state index contributed by atoms with van der Waals surface area (Å²) in [7, 11) is 0. The summed E-state index contributed by atoms with van der Waals surface area (Å²) < 4.78 is 12.1. The van der Waals surface area contributed by atoms with Crippen molar-refractivity contribution >= 4 is 6.08 Å². The Hall–Kier alpha value is -1.11. The van der Waals surface area contributed by atoms with Gasteiger partial charge in [-0.3, -0.25) is 0 Å². The van der Waals surface area contributed by atoms with Crippen molar-refractivity contribution in [2.75, 3.05) is 0 Å². The van der Waals surface area contributed by atoms with Crippen LogP contribution in [0.5, 0.6) is 0 Å². The standard InChI is InChI=1S/C19H27F/c1-2-3-16-4-6-17(7-5-16)8-9-18-10-12-19(13-11-18)14-15-20/h10-17H,2-9H2,1H3/t16-,17-. The van der Waals surface area contributed by atoms with E-state index in [1.807, 2.05) is 12.1 Å². The largest absolute Gasteiger partial charge is 0.216 e. The summed E-state index contributed by atoms with van der Waals surface area (Å²) >= 11 is 0. The number of rotatable bonds is 6. The van der Waals surface area contributed by atoms with Gasteiger partial charge in [0.15, 0.2) is 0 Å². The average Bonchev–Trinajstić information content (AvgIpc) is 2.49. The van der Waals surface area contributed by atoms with Crippen LogP contribution >= 0.6 is 0 Å². The molecule has 1 saturated carbocycles. The first-order valence-electron chi connectivity index (χ1n) is 8.17. The van der Waals surface area contributed by atoms with Crippen LogP contribution in [-0.4, -0.2) is 0 Å². The average molecular weight is 274 g/mol. The van der Waals surface area contributed by atoms with Crippen LogP contribution in [0, 0.1) is 11.8 Å². The lowest BCUT2D eigenvalue weighted by atomic mass is 9.78. The lowest BCUT2D eigenvalue weighted by Gasteiger charge is -2.28. The number of benzene rings is 1. The molecule has 0 aliphatic heterocycles. The van der Waals surface area contributed by atoms with Crippen molar-refractivity contribution in [3.05, 3.63) is 41.7 Å². The van der Waals surface area contributed by atoms with Gasteiger partial charge < -0.3 is 0 Å². The van der Waals surface area contributed by atoms with Crippen molar-refractivity contribution in [1.29, 1.82) is 0 Å². The molecule has 1 fully saturated rings. The van der Waals surface area contributed by atoms with E-state index >= 15 is 0 Å². The smallest absolute Gasteiger partial charge is 0.0872 e. The predicted molar refractivity (Wildman–Crippen MR) is 85.3 cm³/mol. The Kier molecular flexibility index (Phi) is 6.29. The second-order valence-corrected chi connectivity index (χ2v) is 6.25. The van der Waals surface area contributed by atoms with Crippen LogP contribution in [0.15, 0.2) is 30.6 Å². The zero-order valence-corrected chi connectivity index (χ0v) is 12.7. The Labute approximate surface area is 123 Å². The van der Waals surface area contributed by atoms with Gasteiger partial charge in [-0.15, -0.1) is 0 Å². The highest BCUT2D eigenvalue weighted by atomic mass is 19.1. The first-order chi connectivity index (χ1) is 9.81. The van der Waals surface area contributed by atoms with Crippen LogP contribution in [-0.2, 0) is 6.42 Å². The SMILES string of the molecule is CCC[C@H]1CC[C@H](CCc2ccc(C=CF)cc2)CC1. The maximum atomic E-state index is 12.1. The summed E-state index contributed by atoms with van der Waals surface area (Å²) in [6, 6.07) is 8.28. The molecule has 0 amide bonds. The summed E-state index contributed by atoms with van der Waals surface area (Å²) in [6.07, 6.45) is 13.1. The first kappa shape index (κ1) is 15.3. The number of halogens is 1. The third-order valence-corrected chi connectivity index (χ3v) is 4.74. The van der Waals surface area contributed by atoms with E-state index < -0.39 is 0 Å². The van der Waals surface area contributed by atoms with Crippen molar-refractivity contribution in [1.82, 2.24) is 0 Å². The van der Waals surface area contributed by atoms with E-state index in [0.717, 1.165) is 17.4 Å². The van der Waals surface area contributed by atoms with E-state index in [2.05, 4.69) is 19.1 Å². The zero-order valence-electron chi connectivity index (χ0n) is 12.7. The Balaban J connectivity index is 1.73. The molecule has 1 aliphatic rings. The van der Waals surface area contributed by atoms with E-state index in [1.165, 1.54) is 63.0 Å². The van der Waals surface area contributed by atoms with Gasteiger partial charge in [-0.05, 0) is 41.9 Å². The van der Waals surface area contributed by atoms with Crippen molar-refractivity contribution in [3.63, 3.8) is 0 Å². The summed E-state index contributed by atoms with van der Waals surface area (Å²) in [6.45, 7) is 2.30. The minimum atomic E-state index is 0.601. The van der Waals surface area contributed by atoms with Gasteiger partial charge in [0.05, 0.1) is 6.33 Å². The van der Waals surface area contributed by atoms with E-state index in [4.69, 9.17) is 0 Å². The number of hydrogen-bond donors (Lipinski definition) is 0. The van der Waals surface area contributed by atoms with Crippen LogP contribution in [0.3, 0.4) is 0 Å². The van der Waals surface area contributed by atoms with Crippen LogP contribution in [0.2, 0.25) is 0 Å². The van der Waals surface area contributed by atoms with Crippen LogP contribution in [0.1, 0.15) is 63.0 Å². The molecule has 2 rings (SSSR count). The monoisotopic (exact) mass is 274 g/mol. The Bertz CT molecular complexity index is 396. The van der Waals surface area contributed by atoms with Crippen LogP contribution in [0.4, 0.5) is 4.39 Å². The van der Waals surface area contributed by atoms with E-state index in [0.29, 0.717) is 6.33 Å². The fraction of sp³-hybridized carbons (Fsp3) is 0.579. The Morgan fingerprint density at radius 3 is 2.15 bits per heavy atom. The van der Waals surface area contributed by atoms with Crippen molar-refractivity contribution in [2.24, 2.45) is 11.8 Å². The van der Waals surface area contributed by atoms with Crippen LogP contribution < -0.4 is 0 Å². The second kappa shape index (κ2) is 8.24. The molecule has 0 saturated heterocycles. The van der Waals surface area contributed by atoms with Gasteiger partial charge in [0.2, 0.25) is 0 Å². The lowest BCUT2D eigenvalue weighted by Crippen LogP contribution is -2.15. The molecule has 20 heavy (non-hydrogen) atoms. The molecule has 0 unspecified atom stereocenters. The summed E-state index contributed by atoms with van der Waals surface area (Å²) in [5.41, 5.74) is 2.33. The minimum Gasteiger partial charge on any atom is -0.216 e. The maximum Gasteiger partial charge on any atom is 0.0872 e. The van der Waals surface area contributed by atoms with E-state index in [9.17, 15) is 4.39 Å². The fourth-order valence-corrected chi connectivity index (χ4v) is 3.46. The molecule has 1 aromatic rings. The van der Waals surface area contributed by atoms with Gasteiger partial charge in [-0.25, -0.2) is 4.39 Å². The minimum absolute atomic E-state index is 0.601.